The average molecular weight is 240 g/mol. The first-order valence-corrected chi connectivity index (χ1v) is 4.54. The third kappa shape index (κ3) is 2.92. The van der Waals surface area contributed by atoms with E-state index in [-0.39, 0.29) is 13.2 Å². The van der Waals surface area contributed by atoms with Gasteiger partial charge < -0.3 is 10.5 Å². The fourth-order valence-corrected chi connectivity index (χ4v) is 1.26. The minimum Gasteiger partial charge on any atom is -0.362 e. The second-order valence-electron chi connectivity index (χ2n) is 3.37. The van der Waals surface area contributed by atoms with E-state index in [1.54, 1.807) is 0 Å². The quantitative estimate of drug-likeness (QED) is 0.675. The van der Waals surface area contributed by atoms with Gasteiger partial charge in [-0.05, 0) is 0 Å². The highest BCUT2D eigenvalue weighted by atomic mass is 19.4. The van der Waals surface area contributed by atoms with Crippen molar-refractivity contribution in [2.24, 2.45) is 11.7 Å². The molecule has 1 atom stereocenters. The molecule has 1 aliphatic heterocycles. The highest BCUT2D eigenvalue weighted by molar-refractivity contribution is 5.98. The Balaban J connectivity index is 2.70. The molecule has 5 nitrogen and oxygen atoms in total. The Morgan fingerprint density at radius 1 is 1.31 bits per heavy atom. The number of morpholine rings is 1. The van der Waals surface area contributed by atoms with E-state index in [2.05, 4.69) is 4.74 Å². The van der Waals surface area contributed by atoms with Gasteiger partial charge in [0.2, 0.25) is 0 Å². The third-order valence-electron chi connectivity index (χ3n) is 2.20. The maximum absolute atomic E-state index is 12.4. The van der Waals surface area contributed by atoms with Gasteiger partial charge in [0.15, 0.2) is 0 Å². The zero-order chi connectivity index (χ0) is 12.3. The SMILES string of the molecule is NCC(CN1C(=O)COCC1=O)C(F)(F)F. The molecule has 1 saturated heterocycles. The summed E-state index contributed by atoms with van der Waals surface area (Å²) in [6.07, 6.45) is -4.52. The van der Waals surface area contributed by atoms with Gasteiger partial charge in [0.1, 0.15) is 13.2 Å². The Morgan fingerprint density at radius 3 is 2.19 bits per heavy atom. The monoisotopic (exact) mass is 240 g/mol. The van der Waals surface area contributed by atoms with Crippen molar-refractivity contribution in [3.63, 3.8) is 0 Å². The van der Waals surface area contributed by atoms with Gasteiger partial charge in [0, 0.05) is 13.1 Å². The number of hydrogen-bond acceptors (Lipinski definition) is 4. The van der Waals surface area contributed by atoms with Crippen LogP contribution in [0.4, 0.5) is 13.2 Å². The molecule has 1 rings (SSSR count). The lowest BCUT2D eigenvalue weighted by Gasteiger charge is -2.29. The van der Waals surface area contributed by atoms with E-state index in [1.807, 2.05) is 0 Å². The number of carbonyl (C=O) groups excluding carboxylic acids is 2. The summed E-state index contributed by atoms with van der Waals surface area (Å²) in [5.74, 6) is -3.42. The van der Waals surface area contributed by atoms with E-state index in [9.17, 15) is 22.8 Å². The molecule has 0 aliphatic carbocycles. The second kappa shape index (κ2) is 4.79. The number of carbonyl (C=O) groups is 2. The summed E-state index contributed by atoms with van der Waals surface area (Å²) in [5.41, 5.74) is 4.97. The number of hydrogen-bond donors (Lipinski definition) is 1. The summed E-state index contributed by atoms with van der Waals surface area (Å²) >= 11 is 0. The molecule has 2 N–H and O–H groups in total. The van der Waals surface area contributed by atoms with Crippen LogP contribution < -0.4 is 5.73 Å². The van der Waals surface area contributed by atoms with Crippen molar-refractivity contribution in [1.29, 1.82) is 0 Å². The molecule has 1 fully saturated rings. The van der Waals surface area contributed by atoms with E-state index >= 15 is 0 Å². The van der Waals surface area contributed by atoms with Gasteiger partial charge in [0.05, 0.1) is 5.92 Å². The predicted octanol–water partition coefficient (Wildman–Crippen LogP) is -0.491. The van der Waals surface area contributed by atoms with Crippen molar-refractivity contribution >= 4 is 11.8 Å². The fourth-order valence-electron chi connectivity index (χ4n) is 1.26. The van der Waals surface area contributed by atoms with Crippen LogP contribution in [-0.2, 0) is 14.3 Å². The largest absolute Gasteiger partial charge is 0.394 e. The van der Waals surface area contributed by atoms with Crippen molar-refractivity contribution in [3.05, 3.63) is 0 Å². The summed E-state index contributed by atoms with van der Waals surface area (Å²) in [6.45, 7) is -2.15. The Kier molecular flexibility index (Phi) is 3.87. The van der Waals surface area contributed by atoms with Crippen LogP contribution in [0.15, 0.2) is 0 Å². The molecule has 1 heterocycles. The van der Waals surface area contributed by atoms with Gasteiger partial charge in [-0.2, -0.15) is 13.2 Å². The lowest BCUT2D eigenvalue weighted by molar-refractivity contribution is -0.183. The maximum Gasteiger partial charge on any atom is 0.394 e. The molecule has 0 spiro atoms. The summed E-state index contributed by atoms with van der Waals surface area (Å²) in [4.78, 5) is 22.9. The number of ether oxygens (including phenoxy) is 1. The van der Waals surface area contributed by atoms with E-state index in [0.29, 0.717) is 4.90 Å². The minimum absolute atomic E-state index is 0.374. The Bertz CT molecular complexity index is 277. The molecule has 16 heavy (non-hydrogen) atoms. The number of nitrogens with two attached hydrogens (primary N) is 1. The van der Waals surface area contributed by atoms with Gasteiger partial charge >= 0.3 is 6.18 Å². The van der Waals surface area contributed by atoms with Crippen LogP contribution >= 0.6 is 0 Å². The van der Waals surface area contributed by atoms with Crippen LogP contribution in [0.2, 0.25) is 0 Å². The van der Waals surface area contributed by atoms with Crippen LogP contribution in [0.25, 0.3) is 0 Å². The lowest BCUT2D eigenvalue weighted by atomic mass is 10.1. The van der Waals surface area contributed by atoms with E-state index in [4.69, 9.17) is 5.73 Å². The van der Waals surface area contributed by atoms with Gasteiger partial charge in [-0.15, -0.1) is 0 Å². The second-order valence-corrected chi connectivity index (χ2v) is 3.37. The molecule has 0 aromatic rings. The minimum atomic E-state index is -4.52. The smallest absolute Gasteiger partial charge is 0.362 e. The standard InChI is InChI=1S/C8H11F3N2O3/c9-8(10,11)5(1-12)2-13-6(14)3-16-4-7(13)15/h5H,1-4,12H2. The highest BCUT2D eigenvalue weighted by Crippen LogP contribution is 2.26. The molecule has 0 bridgehead atoms. The van der Waals surface area contributed by atoms with Crippen LogP contribution in [-0.4, -0.2) is 49.2 Å². The number of alkyl halides is 3. The van der Waals surface area contributed by atoms with Crippen LogP contribution in [0.5, 0.6) is 0 Å². The topological polar surface area (TPSA) is 72.6 Å². The molecule has 0 aromatic heterocycles. The molecule has 1 unspecified atom stereocenters. The van der Waals surface area contributed by atoms with Gasteiger partial charge in [0.25, 0.3) is 11.8 Å². The number of nitrogens with zero attached hydrogens (tertiary/aromatic N) is 1. The lowest BCUT2D eigenvalue weighted by Crippen LogP contribution is -2.51. The van der Waals surface area contributed by atoms with Crippen LogP contribution in [0.3, 0.4) is 0 Å². The van der Waals surface area contributed by atoms with Gasteiger partial charge in [-0.25, -0.2) is 0 Å². The Labute approximate surface area is 89.3 Å². The molecule has 0 saturated carbocycles. The van der Waals surface area contributed by atoms with Crippen molar-refractivity contribution in [2.45, 2.75) is 6.18 Å². The molecular formula is C8H11F3N2O3. The number of imide groups is 1. The third-order valence-corrected chi connectivity index (χ3v) is 2.20. The number of halogens is 3. The summed E-state index contributed by atoms with van der Waals surface area (Å²) in [6, 6.07) is 0. The summed E-state index contributed by atoms with van der Waals surface area (Å²) < 4.78 is 41.7. The first kappa shape index (κ1) is 12.9. The van der Waals surface area contributed by atoms with Crippen molar-refractivity contribution < 1.29 is 27.5 Å². The maximum atomic E-state index is 12.4. The fraction of sp³-hybridized carbons (Fsp3) is 0.750. The van der Waals surface area contributed by atoms with E-state index in [0.717, 1.165) is 0 Å². The van der Waals surface area contributed by atoms with Crippen molar-refractivity contribution in [3.8, 4) is 0 Å². The number of rotatable bonds is 3. The highest BCUT2D eigenvalue weighted by Gasteiger charge is 2.42. The Hall–Kier alpha value is -1.15. The molecular weight excluding hydrogens is 229 g/mol. The predicted molar refractivity (Wildman–Crippen MR) is 46.1 cm³/mol. The summed E-state index contributed by atoms with van der Waals surface area (Å²) in [5, 5.41) is 0. The molecule has 0 radical (unpaired) electrons. The Morgan fingerprint density at radius 2 is 1.81 bits per heavy atom. The first-order chi connectivity index (χ1) is 7.36. The number of amides is 2. The zero-order valence-electron chi connectivity index (χ0n) is 8.29. The van der Waals surface area contributed by atoms with E-state index < -0.39 is 37.0 Å². The molecule has 92 valence electrons. The van der Waals surface area contributed by atoms with Crippen LogP contribution in [0, 0.1) is 5.92 Å². The van der Waals surface area contributed by atoms with Crippen molar-refractivity contribution in [1.82, 2.24) is 4.90 Å². The first-order valence-electron chi connectivity index (χ1n) is 4.54. The molecule has 0 aromatic carbocycles. The summed E-state index contributed by atoms with van der Waals surface area (Å²) in [7, 11) is 0. The molecule has 8 heteroatoms. The average Bonchev–Trinajstić information content (AvgIpc) is 2.15. The van der Waals surface area contributed by atoms with Crippen molar-refractivity contribution in [2.75, 3.05) is 26.3 Å². The van der Waals surface area contributed by atoms with Gasteiger partial charge in [-0.1, -0.05) is 0 Å². The normalized spacial score (nSPS) is 20.1. The molecule has 1 aliphatic rings. The zero-order valence-corrected chi connectivity index (χ0v) is 8.29. The van der Waals surface area contributed by atoms with Crippen LogP contribution in [0.1, 0.15) is 0 Å². The molecule has 2 amide bonds. The van der Waals surface area contributed by atoms with E-state index in [1.165, 1.54) is 0 Å². The van der Waals surface area contributed by atoms with Gasteiger partial charge in [-0.3, -0.25) is 14.5 Å².